The molecule has 0 spiro atoms. The zero-order valence-electron chi connectivity index (χ0n) is 8.32. The number of hydrogen-bond donors (Lipinski definition) is 0. The smallest absolute Gasteiger partial charge is 0.151 e. The van der Waals surface area contributed by atoms with E-state index in [1.165, 1.54) is 5.56 Å². The maximum absolute atomic E-state index is 11.0. The van der Waals surface area contributed by atoms with Gasteiger partial charge in [0.1, 0.15) is 0 Å². The van der Waals surface area contributed by atoms with Crippen LogP contribution < -0.4 is 0 Å². The number of Topliss-reactive ketones (excluding diaryl/α,β-unsaturated/α-hetero) is 1. The lowest BCUT2D eigenvalue weighted by Crippen LogP contribution is -2.07. The fourth-order valence-corrected chi connectivity index (χ4v) is 1.54. The third-order valence-corrected chi connectivity index (χ3v) is 2.17. The number of rotatable bonds is 2. The molecule has 2 aromatic rings. The number of aryl methyl sites for hydroxylation is 1. The largest absolute Gasteiger partial charge is 0.298 e. The molecule has 0 amide bonds. The minimum atomic E-state index is 0.121. The Labute approximate surface area is 82.3 Å². The maximum Gasteiger partial charge on any atom is 0.151 e. The van der Waals surface area contributed by atoms with E-state index in [2.05, 4.69) is 11.2 Å². The number of ketones is 1. The third kappa shape index (κ3) is 1.53. The Morgan fingerprint density at radius 3 is 3.00 bits per heavy atom. The first-order valence-electron chi connectivity index (χ1n) is 4.58. The van der Waals surface area contributed by atoms with Crippen molar-refractivity contribution in [2.75, 3.05) is 0 Å². The van der Waals surface area contributed by atoms with Crippen molar-refractivity contribution in [1.29, 1.82) is 0 Å². The molecular weight excluding hydrogens is 176 g/mol. The van der Waals surface area contributed by atoms with Gasteiger partial charge >= 0.3 is 0 Å². The summed E-state index contributed by atoms with van der Waals surface area (Å²) in [6, 6.07) is 6.10. The van der Waals surface area contributed by atoms with E-state index < -0.39 is 0 Å². The predicted octanol–water partition coefficient (Wildman–Crippen LogP) is 1.93. The molecule has 0 atom stereocenters. The molecule has 2 rings (SSSR count). The Kier molecular flexibility index (Phi) is 2.08. The van der Waals surface area contributed by atoms with Crippen LogP contribution in [0.2, 0.25) is 0 Å². The van der Waals surface area contributed by atoms with Gasteiger partial charge in [-0.2, -0.15) is 5.10 Å². The number of carbonyl (C=O) groups excluding carboxylic acids is 1. The van der Waals surface area contributed by atoms with E-state index in [4.69, 9.17) is 0 Å². The van der Waals surface area contributed by atoms with Gasteiger partial charge in [-0.25, -0.2) is 0 Å². The van der Waals surface area contributed by atoms with E-state index >= 15 is 0 Å². The number of benzene rings is 1. The zero-order valence-corrected chi connectivity index (χ0v) is 8.32. The summed E-state index contributed by atoms with van der Waals surface area (Å²) in [6.07, 6.45) is 1.80. The van der Waals surface area contributed by atoms with Gasteiger partial charge in [-0.05, 0) is 26.0 Å². The highest BCUT2D eigenvalue weighted by Gasteiger charge is 2.03. The second-order valence-corrected chi connectivity index (χ2v) is 3.57. The van der Waals surface area contributed by atoms with Gasteiger partial charge in [-0.15, -0.1) is 0 Å². The third-order valence-electron chi connectivity index (χ3n) is 2.17. The number of aromatic nitrogens is 2. The molecule has 0 saturated heterocycles. The second kappa shape index (κ2) is 3.25. The van der Waals surface area contributed by atoms with E-state index in [1.54, 1.807) is 17.8 Å². The average molecular weight is 188 g/mol. The van der Waals surface area contributed by atoms with Gasteiger partial charge in [0.15, 0.2) is 5.78 Å². The lowest BCUT2D eigenvalue weighted by molar-refractivity contribution is -0.117. The van der Waals surface area contributed by atoms with Gasteiger partial charge in [0, 0.05) is 5.39 Å². The summed E-state index contributed by atoms with van der Waals surface area (Å²) >= 11 is 0. The average Bonchev–Trinajstić information content (AvgIpc) is 2.47. The van der Waals surface area contributed by atoms with Crippen LogP contribution in [0.15, 0.2) is 24.4 Å². The highest BCUT2D eigenvalue weighted by molar-refractivity contribution is 5.82. The SMILES string of the molecule is CC(=O)Cn1ncc2cc(C)ccc21. The molecule has 72 valence electrons. The number of fused-ring (bicyclic) bond motifs is 1. The van der Waals surface area contributed by atoms with E-state index in [-0.39, 0.29) is 5.78 Å². The Morgan fingerprint density at radius 1 is 1.50 bits per heavy atom. The van der Waals surface area contributed by atoms with Crippen molar-refractivity contribution in [1.82, 2.24) is 9.78 Å². The molecule has 0 fully saturated rings. The number of nitrogens with zero attached hydrogens (tertiary/aromatic N) is 2. The molecule has 0 unspecified atom stereocenters. The molecule has 1 aromatic carbocycles. The second-order valence-electron chi connectivity index (χ2n) is 3.57. The Morgan fingerprint density at radius 2 is 2.29 bits per heavy atom. The van der Waals surface area contributed by atoms with Crippen LogP contribution in [0.25, 0.3) is 10.9 Å². The van der Waals surface area contributed by atoms with Crippen LogP contribution in [0.5, 0.6) is 0 Å². The van der Waals surface area contributed by atoms with Gasteiger partial charge in [-0.3, -0.25) is 9.48 Å². The summed E-state index contributed by atoms with van der Waals surface area (Å²) in [4.78, 5) is 11.0. The molecule has 0 aliphatic heterocycles. The molecule has 14 heavy (non-hydrogen) atoms. The van der Waals surface area contributed by atoms with Crippen molar-refractivity contribution in [3.05, 3.63) is 30.0 Å². The van der Waals surface area contributed by atoms with Crippen molar-refractivity contribution in [2.45, 2.75) is 20.4 Å². The lowest BCUT2D eigenvalue weighted by atomic mass is 10.2. The molecule has 0 aliphatic rings. The number of carbonyl (C=O) groups is 1. The molecule has 0 radical (unpaired) electrons. The topological polar surface area (TPSA) is 34.9 Å². The predicted molar refractivity (Wildman–Crippen MR) is 55.2 cm³/mol. The van der Waals surface area contributed by atoms with Crippen LogP contribution in [0.4, 0.5) is 0 Å². The van der Waals surface area contributed by atoms with E-state index in [0.29, 0.717) is 6.54 Å². The molecule has 0 aliphatic carbocycles. The highest BCUT2D eigenvalue weighted by atomic mass is 16.1. The van der Waals surface area contributed by atoms with E-state index in [1.807, 2.05) is 19.1 Å². The maximum atomic E-state index is 11.0. The Hall–Kier alpha value is -1.64. The van der Waals surface area contributed by atoms with Crippen molar-refractivity contribution in [3.63, 3.8) is 0 Å². The lowest BCUT2D eigenvalue weighted by Gasteiger charge is -1.99. The first-order chi connectivity index (χ1) is 6.66. The highest BCUT2D eigenvalue weighted by Crippen LogP contribution is 2.14. The molecule has 0 N–H and O–H groups in total. The summed E-state index contributed by atoms with van der Waals surface area (Å²) in [7, 11) is 0. The summed E-state index contributed by atoms with van der Waals surface area (Å²) < 4.78 is 1.73. The summed E-state index contributed by atoms with van der Waals surface area (Å²) in [6.45, 7) is 3.97. The van der Waals surface area contributed by atoms with Crippen molar-refractivity contribution >= 4 is 16.7 Å². The van der Waals surface area contributed by atoms with Crippen LogP contribution in [0, 0.1) is 6.92 Å². The zero-order chi connectivity index (χ0) is 10.1. The minimum Gasteiger partial charge on any atom is -0.298 e. The van der Waals surface area contributed by atoms with Gasteiger partial charge in [0.05, 0.1) is 18.3 Å². The van der Waals surface area contributed by atoms with Gasteiger partial charge in [0.2, 0.25) is 0 Å². The van der Waals surface area contributed by atoms with Crippen molar-refractivity contribution in [2.24, 2.45) is 0 Å². The van der Waals surface area contributed by atoms with Crippen LogP contribution >= 0.6 is 0 Å². The van der Waals surface area contributed by atoms with E-state index in [0.717, 1.165) is 10.9 Å². The molecule has 3 nitrogen and oxygen atoms in total. The normalized spacial score (nSPS) is 10.7. The van der Waals surface area contributed by atoms with E-state index in [9.17, 15) is 4.79 Å². The van der Waals surface area contributed by atoms with Crippen LogP contribution in [-0.2, 0) is 11.3 Å². The molecule has 0 bridgehead atoms. The molecular formula is C11H12N2O. The Bertz CT molecular complexity index is 485. The van der Waals surface area contributed by atoms with Crippen LogP contribution in [0.3, 0.4) is 0 Å². The van der Waals surface area contributed by atoms with Crippen LogP contribution in [0.1, 0.15) is 12.5 Å². The first kappa shape index (κ1) is 8.94. The monoisotopic (exact) mass is 188 g/mol. The van der Waals surface area contributed by atoms with Gasteiger partial charge < -0.3 is 0 Å². The molecule has 3 heteroatoms. The standard InChI is InChI=1S/C11H12N2O/c1-8-3-4-11-10(5-8)6-12-13(11)7-9(2)14/h3-6H,7H2,1-2H3. The van der Waals surface area contributed by atoms with Crippen LogP contribution in [-0.4, -0.2) is 15.6 Å². The fourth-order valence-electron chi connectivity index (χ4n) is 1.54. The minimum absolute atomic E-state index is 0.121. The first-order valence-corrected chi connectivity index (χ1v) is 4.58. The van der Waals surface area contributed by atoms with Crippen molar-refractivity contribution < 1.29 is 4.79 Å². The molecule has 1 aromatic heterocycles. The molecule has 0 saturated carbocycles. The quantitative estimate of drug-likeness (QED) is 0.721. The van der Waals surface area contributed by atoms with Gasteiger partial charge in [0.25, 0.3) is 0 Å². The summed E-state index contributed by atoms with van der Waals surface area (Å²) in [5.74, 6) is 0.121. The van der Waals surface area contributed by atoms with Gasteiger partial charge in [-0.1, -0.05) is 11.6 Å². The van der Waals surface area contributed by atoms with Crippen molar-refractivity contribution in [3.8, 4) is 0 Å². The molecule has 1 heterocycles. The number of hydrogen-bond acceptors (Lipinski definition) is 2. The summed E-state index contributed by atoms with van der Waals surface area (Å²) in [5, 5.41) is 5.26. The fraction of sp³-hybridized carbons (Fsp3) is 0.273. The Balaban J connectivity index is 2.52. The summed E-state index contributed by atoms with van der Waals surface area (Å²) in [5.41, 5.74) is 2.23.